The third kappa shape index (κ3) is 6.80. The molecule has 0 saturated carbocycles. The maximum Gasteiger partial charge on any atom is 0.325 e. The van der Waals surface area contributed by atoms with Crippen LogP contribution >= 0.6 is 11.6 Å². The van der Waals surface area contributed by atoms with E-state index in [1.54, 1.807) is 19.2 Å². The smallest absolute Gasteiger partial charge is 0.325 e. The van der Waals surface area contributed by atoms with Crippen LogP contribution in [0.4, 0.5) is 16.3 Å². The van der Waals surface area contributed by atoms with Crippen molar-refractivity contribution < 1.29 is 14.3 Å². The van der Waals surface area contributed by atoms with Gasteiger partial charge in [-0.2, -0.15) is 5.26 Å². The first-order valence-corrected chi connectivity index (χ1v) is 10.4. The van der Waals surface area contributed by atoms with Gasteiger partial charge in [0.2, 0.25) is 0 Å². The van der Waals surface area contributed by atoms with Gasteiger partial charge >= 0.3 is 6.03 Å². The summed E-state index contributed by atoms with van der Waals surface area (Å²) in [6.45, 7) is 1.40. The van der Waals surface area contributed by atoms with E-state index in [-0.39, 0.29) is 11.5 Å². The molecule has 10 heteroatoms. The van der Waals surface area contributed by atoms with Gasteiger partial charge in [-0.15, -0.1) is 0 Å². The van der Waals surface area contributed by atoms with Crippen molar-refractivity contribution in [2.45, 2.75) is 13.0 Å². The lowest BCUT2D eigenvalue weighted by atomic mass is 10.1. The van der Waals surface area contributed by atoms with Gasteiger partial charge in [0.05, 0.1) is 32.3 Å². The number of ether oxygens (including phenoxy) is 2. The third-order valence-electron chi connectivity index (χ3n) is 4.66. The van der Waals surface area contributed by atoms with Gasteiger partial charge in [-0.1, -0.05) is 23.7 Å². The molecule has 0 aliphatic rings. The van der Waals surface area contributed by atoms with Gasteiger partial charge in [0, 0.05) is 11.6 Å². The summed E-state index contributed by atoms with van der Waals surface area (Å²) in [4.78, 5) is 20.1. The minimum atomic E-state index is -0.545. The zero-order valence-corrected chi connectivity index (χ0v) is 18.9. The van der Waals surface area contributed by atoms with Crippen LogP contribution in [0.15, 0.2) is 48.8 Å². The Kier molecular flexibility index (Phi) is 8.41. The van der Waals surface area contributed by atoms with Gasteiger partial charge in [0.25, 0.3) is 0 Å². The molecule has 0 atom stereocenters. The number of aromatic nitrogens is 2. The number of methoxy groups -OCH3 is 2. The number of urea groups is 1. The van der Waals surface area contributed by atoms with Crippen LogP contribution in [0, 0.1) is 11.3 Å². The van der Waals surface area contributed by atoms with Crippen LogP contribution in [0.3, 0.4) is 0 Å². The van der Waals surface area contributed by atoms with Crippen molar-refractivity contribution in [3.63, 3.8) is 0 Å². The van der Waals surface area contributed by atoms with E-state index in [2.05, 4.69) is 25.9 Å². The maximum absolute atomic E-state index is 12.3. The van der Waals surface area contributed by atoms with Gasteiger partial charge in [0.1, 0.15) is 17.6 Å². The standard InChI is InChI=1S/C23H23ClN6O3/c1-32-18-5-3-4-15(8-18)12-26-7-6-16-9-21(33-2)20(10-19(16)24)29-23(31)30-22-14-27-17(11-25)13-28-22/h3-5,8-10,13-14,26H,6-7,12H2,1-2H3,(H2,28,29,30,31). The van der Waals surface area contributed by atoms with E-state index in [1.807, 2.05) is 30.3 Å². The summed E-state index contributed by atoms with van der Waals surface area (Å²) in [5.41, 5.74) is 2.57. The van der Waals surface area contributed by atoms with Crippen LogP contribution in [-0.2, 0) is 13.0 Å². The largest absolute Gasteiger partial charge is 0.497 e. The van der Waals surface area contributed by atoms with Gasteiger partial charge in [0.15, 0.2) is 11.5 Å². The number of nitrogens with zero attached hydrogens (tertiary/aromatic N) is 3. The number of hydrogen-bond donors (Lipinski definition) is 3. The molecule has 0 bridgehead atoms. The van der Waals surface area contributed by atoms with Crippen LogP contribution in [-0.4, -0.2) is 36.8 Å². The fourth-order valence-corrected chi connectivity index (χ4v) is 3.27. The second-order valence-electron chi connectivity index (χ2n) is 6.90. The lowest BCUT2D eigenvalue weighted by Crippen LogP contribution is -2.21. The Morgan fingerprint density at radius 2 is 1.97 bits per heavy atom. The molecule has 0 aliphatic heterocycles. The normalized spacial score (nSPS) is 10.2. The number of nitriles is 1. The minimum absolute atomic E-state index is 0.156. The first-order chi connectivity index (χ1) is 16.0. The van der Waals surface area contributed by atoms with Crippen molar-refractivity contribution >= 4 is 29.1 Å². The zero-order chi connectivity index (χ0) is 23.6. The molecular weight excluding hydrogens is 444 g/mol. The molecule has 9 nitrogen and oxygen atoms in total. The van der Waals surface area contributed by atoms with Crippen LogP contribution in [0.2, 0.25) is 5.02 Å². The van der Waals surface area contributed by atoms with Gasteiger partial charge < -0.3 is 20.1 Å². The Labute approximate surface area is 196 Å². The summed E-state index contributed by atoms with van der Waals surface area (Å²) >= 11 is 6.45. The lowest BCUT2D eigenvalue weighted by molar-refractivity contribution is 0.262. The summed E-state index contributed by atoms with van der Waals surface area (Å²) in [6, 6.07) is 12.6. The molecule has 0 aliphatic carbocycles. The quantitative estimate of drug-likeness (QED) is 0.407. The molecule has 2 amide bonds. The number of halogens is 1. The van der Waals surface area contributed by atoms with Crippen molar-refractivity contribution in [2.75, 3.05) is 31.4 Å². The van der Waals surface area contributed by atoms with Crippen molar-refractivity contribution in [2.24, 2.45) is 0 Å². The monoisotopic (exact) mass is 466 g/mol. The molecule has 0 radical (unpaired) electrons. The Balaban J connectivity index is 1.57. The van der Waals surface area contributed by atoms with Crippen LogP contribution < -0.4 is 25.4 Å². The number of hydrogen-bond acceptors (Lipinski definition) is 7. The minimum Gasteiger partial charge on any atom is -0.497 e. The SMILES string of the molecule is COc1cccc(CNCCc2cc(OC)c(NC(=O)Nc3cnc(C#N)cn3)cc2Cl)c1. The number of carbonyl (C=O) groups excluding carboxylic acids is 1. The Morgan fingerprint density at radius 1 is 1.12 bits per heavy atom. The van der Waals surface area contributed by atoms with E-state index in [1.165, 1.54) is 19.5 Å². The Morgan fingerprint density at radius 3 is 2.67 bits per heavy atom. The predicted octanol–water partition coefficient (Wildman–Crippen LogP) is 4.00. The molecule has 1 heterocycles. The third-order valence-corrected chi connectivity index (χ3v) is 5.01. The lowest BCUT2D eigenvalue weighted by Gasteiger charge is -2.14. The molecule has 1 aromatic heterocycles. The number of benzene rings is 2. The van der Waals surface area contributed by atoms with Gasteiger partial charge in [-0.05, 0) is 48.4 Å². The highest BCUT2D eigenvalue weighted by Gasteiger charge is 2.13. The number of rotatable bonds is 9. The van der Waals surface area contributed by atoms with Crippen LogP contribution in [0.25, 0.3) is 0 Å². The molecule has 3 N–H and O–H groups in total. The average Bonchev–Trinajstić information content (AvgIpc) is 2.83. The fraction of sp³-hybridized carbons (Fsp3) is 0.217. The first kappa shape index (κ1) is 23.8. The Hall–Kier alpha value is -3.87. The highest BCUT2D eigenvalue weighted by molar-refractivity contribution is 6.31. The number of nitrogens with one attached hydrogen (secondary N) is 3. The fourth-order valence-electron chi connectivity index (χ4n) is 3.01. The second-order valence-corrected chi connectivity index (χ2v) is 7.31. The second kappa shape index (κ2) is 11.7. The van der Waals surface area contributed by atoms with Gasteiger partial charge in [-0.25, -0.2) is 14.8 Å². The summed E-state index contributed by atoms with van der Waals surface area (Å²) < 4.78 is 10.7. The van der Waals surface area contributed by atoms with E-state index in [0.717, 1.165) is 16.9 Å². The molecular formula is C23H23ClN6O3. The van der Waals surface area contributed by atoms with E-state index >= 15 is 0 Å². The molecule has 3 rings (SSSR count). The topological polar surface area (TPSA) is 121 Å². The summed E-state index contributed by atoms with van der Waals surface area (Å²) in [7, 11) is 3.16. The van der Waals surface area contributed by atoms with E-state index in [4.69, 9.17) is 26.3 Å². The highest BCUT2D eigenvalue weighted by atomic mass is 35.5. The molecule has 33 heavy (non-hydrogen) atoms. The number of carbonyl (C=O) groups is 1. The number of amides is 2. The summed E-state index contributed by atoms with van der Waals surface area (Å²) in [5, 5.41) is 17.9. The van der Waals surface area contributed by atoms with Crippen LogP contribution in [0.1, 0.15) is 16.8 Å². The molecule has 0 unspecified atom stereocenters. The summed E-state index contributed by atoms with van der Waals surface area (Å²) in [5.74, 6) is 1.50. The van der Waals surface area contributed by atoms with E-state index < -0.39 is 6.03 Å². The summed E-state index contributed by atoms with van der Waals surface area (Å²) in [6.07, 6.45) is 3.24. The average molecular weight is 467 g/mol. The predicted molar refractivity (Wildman–Crippen MR) is 126 cm³/mol. The van der Waals surface area contributed by atoms with Crippen molar-refractivity contribution in [1.82, 2.24) is 15.3 Å². The highest BCUT2D eigenvalue weighted by Crippen LogP contribution is 2.31. The zero-order valence-electron chi connectivity index (χ0n) is 18.2. The van der Waals surface area contributed by atoms with E-state index in [0.29, 0.717) is 36.0 Å². The van der Waals surface area contributed by atoms with Crippen LogP contribution in [0.5, 0.6) is 11.5 Å². The molecule has 170 valence electrons. The number of anilines is 2. The molecule has 3 aromatic rings. The maximum atomic E-state index is 12.3. The Bertz CT molecular complexity index is 1150. The first-order valence-electron chi connectivity index (χ1n) is 10.0. The van der Waals surface area contributed by atoms with Crippen molar-refractivity contribution in [3.05, 3.63) is 70.6 Å². The van der Waals surface area contributed by atoms with Crippen molar-refractivity contribution in [3.8, 4) is 17.6 Å². The molecule has 0 fully saturated rings. The van der Waals surface area contributed by atoms with Crippen molar-refractivity contribution in [1.29, 1.82) is 5.26 Å². The van der Waals surface area contributed by atoms with Gasteiger partial charge in [-0.3, -0.25) is 5.32 Å². The molecule has 0 spiro atoms. The molecule has 2 aromatic carbocycles. The molecule has 0 saturated heterocycles. The van der Waals surface area contributed by atoms with E-state index in [9.17, 15) is 4.79 Å².